The Morgan fingerprint density at radius 1 is 0.952 bits per heavy atom. The van der Waals surface area contributed by atoms with Crippen LogP contribution < -0.4 is 9.47 Å². The predicted molar refractivity (Wildman–Crippen MR) is 88.3 cm³/mol. The van der Waals surface area contributed by atoms with E-state index in [1.165, 1.54) is 0 Å². The monoisotopic (exact) mass is 344 g/mol. The molecule has 0 saturated heterocycles. The molecule has 0 aliphatic heterocycles. The highest BCUT2D eigenvalue weighted by Gasteiger charge is 2.14. The number of hydrogen-bond acceptors (Lipinski definition) is 2. The van der Waals surface area contributed by atoms with Crippen LogP contribution in [0.1, 0.15) is 16.5 Å². The average Bonchev–Trinajstić information content (AvgIpc) is 2.49. The van der Waals surface area contributed by atoms with Gasteiger partial charge in [0.25, 0.3) is 0 Å². The van der Waals surface area contributed by atoms with E-state index in [-0.39, 0.29) is 5.38 Å². The van der Waals surface area contributed by atoms with E-state index >= 15 is 0 Å². The summed E-state index contributed by atoms with van der Waals surface area (Å²) < 4.78 is 10.5. The fourth-order valence-corrected chi connectivity index (χ4v) is 2.92. The normalized spacial score (nSPS) is 12.0. The number of methoxy groups -OCH3 is 2. The molecule has 0 radical (unpaired) electrons. The third kappa shape index (κ3) is 3.97. The van der Waals surface area contributed by atoms with Crippen molar-refractivity contribution in [2.75, 3.05) is 14.2 Å². The minimum atomic E-state index is -0.269. The van der Waals surface area contributed by atoms with Gasteiger partial charge in [-0.2, -0.15) is 0 Å². The Morgan fingerprint density at radius 2 is 1.67 bits per heavy atom. The largest absolute Gasteiger partial charge is 0.493 e. The maximum atomic E-state index is 6.47. The van der Waals surface area contributed by atoms with Gasteiger partial charge in [0.05, 0.1) is 19.6 Å². The second kappa shape index (κ2) is 7.26. The summed E-state index contributed by atoms with van der Waals surface area (Å²) in [6, 6.07) is 11.0. The molecule has 0 heterocycles. The number of halogens is 3. The summed E-state index contributed by atoms with van der Waals surface area (Å²) in [6.45, 7) is 0. The Bertz CT molecular complexity index is 629. The lowest BCUT2D eigenvalue weighted by molar-refractivity contribution is 0.354. The van der Waals surface area contributed by atoms with E-state index in [1.807, 2.05) is 18.2 Å². The van der Waals surface area contributed by atoms with Crippen LogP contribution in [-0.2, 0) is 6.42 Å². The number of rotatable bonds is 5. The van der Waals surface area contributed by atoms with E-state index in [2.05, 4.69) is 0 Å². The van der Waals surface area contributed by atoms with Gasteiger partial charge in [-0.25, -0.2) is 0 Å². The zero-order valence-electron chi connectivity index (χ0n) is 11.7. The Labute approximate surface area is 139 Å². The molecule has 112 valence electrons. The van der Waals surface area contributed by atoms with Crippen molar-refractivity contribution in [2.45, 2.75) is 11.8 Å². The van der Waals surface area contributed by atoms with E-state index in [4.69, 9.17) is 44.3 Å². The van der Waals surface area contributed by atoms with Crippen LogP contribution in [0.4, 0.5) is 0 Å². The fraction of sp³-hybridized carbons (Fsp3) is 0.250. The standard InChI is InChI=1S/C16H15Cl3O2/c1-20-15-6-3-10(8-16(15)21-2)7-14(19)12-9-11(17)4-5-13(12)18/h3-6,8-9,14H,7H2,1-2H3. The smallest absolute Gasteiger partial charge is 0.160 e. The van der Waals surface area contributed by atoms with Crippen LogP contribution in [0.25, 0.3) is 0 Å². The van der Waals surface area contributed by atoms with Gasteiger partial charge < -0.3 is 9.47 Å². The number of ether oxygens (including phenoxy) is 2. The van der Waals surface area contributed by atoms with Gasteiger partial charge in [0.15, 0.2) is 11.5 Å². The van der Waals surface area contributed by atoms with Crippen LogP contribution in [0.3, 0.4) is 0 Å². The van der Waals surface area contributed by atoms with Crippen molar-refractivity contribution in [2.24, 2.45) is 0 Å². The van der Waals surface area contributed by atoms with Crippen LogP contribution in [0, 0.1) is 0 Å². The molecule has 0 aliphatic rings. The number of benzene rings is 2. The van der Waals surface area contributed by atoms with Gasteiger partial charge in [-0.05, 0) is 47.9 Å². The van der Waals surface area contributed by atoms with Crippen LogP contribution in [0.2, 0.25) is 10.0 Å². The first-order valence-electron chi connectivity index (χ1n) is 6.35. The third-order valence-corrected chi connectivity index (χ3v) is 4.13. The van der Waals surface area contributed by atoms with Crippen molar-refractivity contribution in [1.82, 2.24) is 0 Å². The van der Waals surface area contributed by atoms with Gasteiger partial charge >= 0.3 is 0 Å². The van der Waals surface area contributed by atoms with E-state index in [1.54, 1.807) is 32.4 Å². The van der Waals surface area contributed by atoms with E-state index in [0.29, 0.717) is 28.0 Å². The summed E-state index contributed by atoms with van der Waals surface area (Å²) in [6.07, 6.45) is 0.613. The quantitative estimate of drug-likeness (QED) is 0.663. The van der Waals surface area contributed by atoms with Gasteiger partial charge in [-0.15, -0.1) is 11.6 Å². The highest BCUT2D eigenvalue weighted by Crippen LogP contribution is 2.35. The van der Waals surface area contributed by atoms with Gasteiger partial charge in [-0.1, -0.05) is 29.3 Å². The molecule has 0 amide bonds. The predicted octanol–water partition coefficient (Wildman–Crippen LogP) is 5.53. The number of alkyl halides is 1. The molecule has 21 heavy (non-hydrogen) atoms. The maximum Gasteiger partial charge on any atom is 0.160 e. The highest BCUT2D eigenvalue weighted by atomic mass is 35.5. The first-order chi connectivity index (χ1) is 10.0. The summed E-state index contributed by atoms with van der Waals surface area (Å²) in [4.78, 5) is 0. The molecule has 0 spiro atoms. The first-order valence-corrected chi connectivity index (χ1v) is 7.54. The minimum Gasteiger partial charge on any atom is -0.493 e. The molecule has 0 aromatic heterocycles. The molecule has 0 fully saturated rings. The third-order valence-electron chi connectivity index (χ3n) is 3.16. The molecule has 0 N–H and O–H groups in total. The van der Waals surface area contributed by atoms with Crippen LogP contribution in [-0.4, -0.2) is 14.2 Å². The minimum absolute atomic E-state index is 0.269. The molecule has 0 aliphatic carbocycles. The maximum absolute atomic E-state index is 6.47. The summed E-state index contributed by atoms with van der Waals surface area (Å²) in [7, 11) is 3.21. The Balaban J connectivity index is 2.23. The number of hydrogen-bond donors (Lipinski definition) is 0. The fourth-order valence-electron chi connectivity index (χ4n) is 2.08. The Morgan fingerprint density at radius 3 is 2.33 bits per heavy atom. The molecule has 1 unspecified atom stereocenters. The zero-order valence-corrected chi connectivity index (χ0v) is 14.0. The lowest BCUT2D eigenvalue weighted by Crippen LogP contribution is -1.98. The van der Waals surface area contributed by atoms with Crippen molar-refractivity contribution in [1.29, 1.82) is 0 Å². The zero-order chi connectivity index (χ0) is 15.4. The summed E-state index contributed by atoms with van der Waals surface area (Å²) >= 11 is 18.6. The summed E-state index contributed by atoms with van der Waals surface area (Å²) in [5.41, 5.74) is 1.85. The van der Waals surface area contributed by atoms with Crippen molar-refractivity contribution in [3.8, 4) is 11.5 Å². The molecule has 5 heteroatoms. The highest BCUT2D eigenvalue weighted by molar-refractivity contribution is 6.34. The van der Waals surface area contributed by atoms with Crippen molar-refractivity contribution in [3.05, 3.63) is 57.6 Å². The summed E-state index contributed by atoms with van der Waals surface area (Å²) in [5.74, 6) is 1.37. The van der Waals surface area contributed by atoms with Gasteiger partial charge in [0, 0.05) is 10.0 Å². The Kier molecular flexibility index (Phi) is 5.63. The molecular formula is C16H15Cl3O2. The van der Waals surface area contributed by atoms with Gasteiger partial charge in [-0.3, -0.25) is 0 Å². The van der Waals surface area contributed by atoms with Crippen molar-refractivity contribution in [3.63, 3.8) is 0 Å². The van der Waals surface area contributed by atoms with E-state index < -0.39 is 0 Å². The van der Waals surface area contributed by atoms with E-state index in [9.17, 15) is 0 Å². The SMILES string of the molecule is COc1ccc(CC(Cl)c2cc(Cl)ccc2Cl)cc1OC. The Hall–Kier alpha value is -1.09. The van der Waals surface area contributed by atoms with Crippen LogP contribution >= 0.6 is 34.8 Å². The summed E-state index contributed by atoms with van der Waals surface area (Å²) in [5, 5.41) is 0.960. The molecule has 2 rings (SSSR count). The average molecular weight is 346 g/mol. The van der Waals surface area contributed by atoms with E-state index in [0.717, 1.165) is 11.1 Å². The topological polar surface area (TPSA) is 18.5 Å². The van der Waals surface area contributed by atoms with Crippen molar-refractivity contribution >= 4 is 34.8 Å². The molecule has 0 saturated carbocycles. The molecule has 2 aromatic carbocycles. The second-order valence-corrected chi connectivity index (χ2v) is 5.90. The lowest BCUT2D eigenvalue weighted by Gasteiger charge is -2.14. The first kappa shape index (κ1) is 16.3. The van der Waals surface area contributed by atoms with Crippen molar-refractivity contribution < 1.29 is 9.47 Å². The van der Waals surface area contributed by atoms with Crippen LogP contribution in [0.15, 0.2) is 36.4 Å². The van der Waals surface area contributed by atoms with Crippen LogP contribution in [0.5, 0.6) is 11.5 Å². The second-order valence-electron chi connectivity index (χ2n) is 4.53. The molecule has 2 nitrogen and oxygen atoms in total. The molecule has 2 aromatic rings. The lowest BCUT2D eigenvalue weighted by atomic mass is 10.0. The molecule has 1 atom stereocenters. The van der Waals surface area contributed by atoms with Gasteiger partial charge in [0.2, 0.25) is 0 Å². The molecular weight excluding hydrogens is 331 g/mol. The van der Waals surface area contributed by atoms with Gasteiger partial charge in [0.1, 0.15) is 0 Å². The molecule has 0 bridgehead atoms.